The van der Waals surface area contributed by atoms with Crippen molar-refractivity contribution in [2.45, 2.75) is 44.6 Å². The first-order chi connectivity index (χ1) is 12.6. The highest BCUT2D eigenvalue weighted by Gasteiger charge is 2.28. The van der Waals surface area contributed by atoms with E-state index in [1.807, 2.05) is 29.2 Å². The minimum absolute atomic E-state index is 0.0102. The maximum atomic E-state index is 12.7. The van der Waals surface area contributed by atoms with Crippen LogP contribution in [0, 0.1) is 5.92 Å². The molecule has 1 atom stereocenters. The Morgan fingerprint density at radius 2 is 2.04 bits per heavy atom. The average Bonchev–Trinajstić information content (AvgIpc) is 2.68. The fourth-order valence-corrected chi connectivity index (χ4v) is 4.16. The molecule has 0 aromatic heterocycles. The molecule has 1 aromatic rings. The van der Waals surface area contributed by atoms with Crippen molar-refractivity contribution in [2.75, 3.05) is 26.2 Å². The molecular formula is C20H28ClN3O2. The zero-order valence-electron chi connectivity index (χ0n) is 15.2. The van der Waals surface area contributed by atoms with Gasteiger partial charge < -0.3 is 15.5 Å². The van der Waals surface area contributed by atoms with E-state index in [-0.39, 0.29) is 23.8 Å². The van der Waals surface area contributed by atoms with Crippen molar-refractivity contribution in [2.24, 2.45) is 5.92 Å². The summed E-state index contributed by atoms with van der Waals surface area (Å²) in [7, 11) is 0. The molecule has 2 N–H and O–H groups in total. The van der Waals surface area contributed by atoms with Crippen LogP contribution < -0.4 is 10.6 Å². The molecule has 2 fully saturated rings. The summed E-state index contributed by atoms with van der Waals surface area (Å²) in [5.41, 5.74) is 1.05. The summed E-state index contributed by atoms with van der Waals surface area (Å²) in [5, 5.41) is 6.99. The average molecular weight is 378 g/mol. The largest absolute Gasteiger partial charge is 0.355 e. The minimum atomic E-state index is -0.0102. The molecule has 1 unspecified atom stereocenters. The Labute approximate surface area is 160 Å². The van der Waals surface area contributed by atoms with Crippen molar-refractivity contribution >= 4 is 23.4 Å². The van der Waals surface area contributed by atoms with E-state index < -0.39 is 0 Å². The number of carbonyl (C=O) groups excluding carboxylic acids is 2. The number of halogens is 1. The van der Waals surface area contributed by atoms with Crippen LogP contribution in [0.3, 0.4) is 0 Å². The molecule has 1 heterocycles. The number of carbonyl (C=O) groups is 2. The minimum Gasteiger partial charge on any atom is -0.355 e. The molecule has 3 rings (SSSR count). The predicted octanol–water partition coefficient (Wildman–Crippen LogP) is 2.90. The summed E-state index contributed by atoms with van der Waals surface area (Å²) < 4.78 is 0. The van der Waals surface area contributed by atoms with E-state index in [1.54, 1.807) is 0 Å². The third-order valence-corrected chi connectivity index (χ3v) is 5.65. The molecule has 142 valence electrons. The van der Waals surface area contributed by atoms with Gasteiger partial charge in [0, 0.05) is 43.5 Å². The SMILES string of the molecule is O=C(NCCC(=O)N1CCNCC1c1cccc(Cl)c1)C1CCCCC1. The maximum absolute atomic E-state index is 12.7. The van der Waals surface area contributed by atoms with Crippen LogP contribution in [0.15, 0.2) is 24.3 Å². The zero-order chi connectivity index (χ0) is 18.4. The van der Waals surface area contributed by atoms with E-state index in [2.05, 4.69) is 10.6 Å². The molecule has 1 aromatic carbocycles. The summed E-state index contributed by atoms with van der Waals surface area (Å²) in [5.74, 6) is 0.335. The highest BCUT2D eigenvalue weighted by atomic mass is 35.5. The fourth-order valence-electron chi connectivity index (χ4n) is 3.96. The first-order valence-corrected chi connectivity index (χ1v) is 10.1. The molecule has 0 bridgehead atoms. The lowest BCUT2D eigenvalue weighted by Crippen LogP contribution is -2.49. The fraction of sp³-hybridized carbons (Fsp3) is 0.600. The van der Waals surface area contributed by atoms with Crippen molar-refractivity contribution in [1.82, 2.24) is 15.5 Å². The Morgan fingerprint density at radius 1 is 1.23 bits per heavy atom. The standard InChI is InChI=1S/C20H28ClN3O2/c21-17-8-4-7-16(13-17)18-14-22-11-12-24(18)19(25)9-10-23-20(26)15-5-2-1-3-6-15/h4,7-8,13,15,18,22H,1-3,5-6,9-12,14H2,(H,23,26). The van der Waals surface area contributed by atoms with Crippen LogP contribution in [0.25, 0.3) is 0 Å². The Kier molecular flexibility index (Phi) is 6.92. The first kappa shape index (κ1) is 19.2. The third-order valence-electron chi connectivity index (χ3n) is 5.41. The number of nitrogens with one attached hydrogen (secondary N) is 2. The van der Waals surface area contributed by atoms with Crippen molar-refractivity contribution in [3.63, 3.8) is 0 Å². The number of hydrogen-bond donors (Lipinski definition) is 2. The van der Waals surface area contributed by atoms with Gasteiger partial charge in [-0.3, -0.25) is 9.59 Å². The summed E-state index contributed by atoms with van der Waals surface area (Å²) in [6, 6.07) is 7.68. The smallest absolute Gasteiger partial charge is 0.224 e. The zero-order valence-corrected chi connectivity index (χ0v) is 15.9. The van der Waals surface area contributed by atoms with Crippen molar-refractivity contribution < 1.29 is 9.59 Å². The number of rotatable bonds is 5. The quantitative estimate of drug-likeness (QED) is 0.829. The van der Waals surface area contributed by atoms with Gasteiger partial charge in [-0.15, -0.1) is 0 Å². The van der Waals surface area contributed by atoms with E-state index in [0.29, 0.717) is 24.5 Å². The third kappa shape index (κ3) is 4.98. The molecular weight excluding hydrogens is 350 g/mol. The van der Waals surface area contributed by atoms with E-state index in [9.17, 15) is 9.59 Å². The van der Waals surface area contributed by atoms with E-state index >= 15 is 0 Å². The summed E-state index contributed by atoms with van der Waals surface area (Å²) in [6.07, 6.45) is 5.81. The maximum Gasteiger partial charge on any atom is 0.224 e. The van der Waals surface area contributed by atoms with E-state index in [0.717, 1.165) is 44.3 Å². The second-order valence-corrected chi connectivity index (χ2v) is 7.67. The van der Waals surface area contributed by atoms with Crippen LogP contribution >= 0.6 is 11.6 Å². The first-order valence-electron chi connectivity index (χ1n) is 9.68. The molecule has 6 heteroatoms. The molecule has 5 nitrogen and oxygen atoms in total. The van der Waals surface area contributed by atoms with Gasteiger partial charge in [-0.05, 0) is 30.5 Å². The van der Waals surface area contributed by atoms with Crippen LogP contribution in [-0.2, 0) is 9.59 Å². The molecule has 0 spiro atoms. The van der Waals surface area contributed by atoms with Gasteiger partial charge in [0.25, 0.3) is 0 Å². The molecule has 2 aliphatic rings. The second-order valence-electron chi connectivity index (χ2n) is 7.24. The molecule has 1 saturated heterocycles. The molecule has 2 amide bonds. The lowest BCUT2D eigenvalue weighted by atomic mass is 9.89. The topological polar surface area (TPSA) is 61.4 Å². The van der Waals surface area contributed by atoms with Crippen LogP contribution in [0.1, 0.15) is 50.1 Å². The van der Waals surface area contributed by atoms with E-state index in [1.165, 1.54) is 6.42 Å². The molecule has 1 saturated carbocycles. The molecule has 1 aliphatic carbocycles. The highest BCUT2D eigenvalue weighted by molar-refractivity contribution is 6.30. The predicted molar refractivity (Wildman–Crippen MR) is 103 cm³/mol. The van der Waals surface area contributed by atoms with Gasteiger partial charge in [0.15, 0.2) is 0 Å². The number of nitrogens with zero attached hydrogens (tertiary/aromatic N) is 1. The Balaban J connectivity index is 1.52. The van der Waals surface area contributed by atoms with Gasteiger partial charge in [-0.2, -0.15) is 0 Å². The highest BCUT2D eigenvalue weighted by Crippen LogP contribution is 2.26. The lowest BCUT2D eigenvalue weighted by molar-refractivity contribution is -0.134. The van der Waals surface area contributed by atoms with Crippen LogP contribution in [0.4, 0.5) is 0 Å². The molecule has 1 aliphatic heterocycles. The summed E-state index contributed by atoms with van der Waals surface area (Å²) in [6.45, 7) is 2.60. The number of amides is 2. The molecule has 0 radical (unpaired) electrons. The van der Waals surface area contributed by atoms with Gasteiger partial charge >= 0.3 is 0 Å². The summed E-state index contributed by atoms with van der Waals surface area (Å²) in [4.78, 5) is 26.9. The Bertz CT molecular complexity index is 631. The normalized spacial score (nSPS) is 21.4. The van der Waals surface area contributed by atoms with Gasteiger partial charge in [0.05, 0.1) is 6.04 Å². The number of benzene rings is 1. The second kappa shape index (κ2) is 9.38. The monoisotopic (exact) mass is 377 g/mol. The van der Waals surface area contributed by atoms with Crippen molar-refractivity contribution in [3.05, 3.63) is 34.9 Å². The number of hydrogen-bond acceptors (Lipinski definition) is 3. The Morgan fingerprint density at radius 3 is 2.81 bits per heavy atom. The van der Waals surface area contributed by atoms with Gasteiger partial charge in [0.1, 0.15) is 0 Å². The van der Waals surface area contributed by atoms with Gasteiger partial charge in [-0.1, -0.05) is 43.0 Å². The molecule has 26 heavy (non-hydrogen) atoms. The van der Waals surface area contributed by atoms with Gasteiger partial charge in [0.2, 0.25) is 11.8 Å². The number of piperazine rings is 1. The van der Waals surface area contributed by atoms with Crippen molar-refractivity contribution in [1.29, 1.82) is 0 Å². The summed E-state index contributed by atoms with van der Waals surface area (Å²) >= 11 is 6.11. The van der Waals surface area contributed by atoms with Crippen LogP contribution in [0.2, 0.25) is 5.02 Å². The Hall–Kier alpha value is -1.59. The van der Waals surface area contributed by atoms with E-state index in [4.69, 9.17) is 11.6 Å². The lowest BCUT2D eigenvalue weighted by Gasteiger charge is -2.36. The van der Waals surface area contributed by atoms with Crippen LogP contribution in [-0.4, -0.2) is 42.9 Å². The van der Waals surface area contributed by atoms with Gasteiger partial charge in [-0.25, -0.2) is 0 Å². The van der Waals surface area contributed by atoms with Crippen LogP contribution in [0.5, 0.6) is 0 Å². The van der Waals surface area contributed by atoms with Crippen molar-refractivity contribution in [3.8, 4) is 0 Å².